The summed E-state index contributed by atoms with van der Waals surface area (Å²) >= 11 is 0. The van der Waals surface area contributed by atoms with Gasteiger partial charge in [0.1, 0.15) is 5.76 Å². The molecule has 1 amide bonds. The molecule has 0 saturated carbocycles. The molecule has 1 heterocycles. The molecule has 2 N–H and O–H groups in total. The van der Waals surface area contributed by atoms with E-state index in [9.17, 15) is 9.59 Å². The zero-order valence-electron chi connectivity index (χ0n) is 13.3. The average molecular weight is 316 g/mol. The number of aromatic nitrogens is 1. The number of nitrogens with one attached hydrogen (secondary N) is 1. The molecule has 0 saturated heterocycles. The lowest BCUT2D eigenvalue weighted by atomic mass is 10.1. The van der Waals surface area contributed by atoms with Crippen LogP contribution in [0.5, 0.6) is 0 Å². The van der Waals surface area contributed by atoms with Gasteiger partial charge < -0.3 is 14.9 Å². The Labute approximate surface area is 134 Å². The summed E-state index contributed by atoms with van der Waals surface area (Å²) in [7, 11) is 0. The fourth-order valence-electron chi connectivity index (χ4n) is 2.35. The van der Waals surface area contributed by atoms with E-state index in [0.717, 1.165) is 22.6 Å². The molecule has 0 bridgehead atoms. The molecule has 0 aliphatic heterocycles. The van der Waals surface area contributed by atoms with Crippen LogP contribution in [0, 0.1) is 13.8 Å². The zero-order valence-corrected chi connectivity index (χ0v) is 13.3. The number of amides is 1. The summed E-state index contributed by atoms with van der Waals surface area (Å²) in [6.07, 6.45) is 1.66. The number of carboxylic acid groups (broad SMARTS) is 1. The fraction of sp³-hybridized carbons (Fsp3) is 0.353. The molecule has 1 aromatic carbocycles. The maximum Gasteiger partial charge on any atom is 0.335 e. The minimum Gasteiger partial charge on any atom is -0.478 e. The summed E-state index contributed by atoms with van der Waals surface area (Å²) in [5.41, 5.74) is 3.07. The molecular weight excluding hydrogens is 296 g/mol. The van der Waals surface area contributed by atoms with Crippen LogP contribution in [-0.4, -0.2) is 28.7 Å². The molecule has 23 heavy (non-hydrogen) atoms. The number of carboxylic acids is 1. The van der Waals surface area contributed by atoms with Crippen molar-refractivity contribution in [2.75, 3.05) is 6.54 Å². The maximum atomic E-state index is 11.9. The van der Waals surface area contributed by atoms with E-state index in [4.69, 9.17) is 9.63 Å². The molecule has 0 fully saturated rings. The quantitative estimate of drug-likeness (QED) is 0.817. The summed E-state index contributed by atoms with van der Waals surface area (Å²) in [4.78, 5) is 22.6. The molecule has 0 aliphatic carbocycles. The molecule has 2 aromatic rings. The van der Waals surface area contributed by atoms with Crippen LogP contribution in [0.25, 0.3) is 0 Å². The minimum atomic E-state index is -0.941. The van der Waals surface area contributed by atoms with Crippen molar-refractivity contribution in [2.24, 2.45) is 0 Å². The highest BCUT2D eigenvalue weighted by molar-refractivity contribution is 5.87. The standard InChI is InChI=1S/C17H20N2O4/c1-11-15(12(2)23-19-11)7-8-16(20)18-10-9-13-3-5-14(6-4-13)17(21)22/h3-6H,7-10H2,1-2H3,(H,18,20)(H,21,22). The van der Waals surface area contributed by atoms with Crippen LogP contribution in [0.15, 0.2) is 28.8 Å². The molecule has 0 aliphatic rings. The largest absolute Gasteiger partial charge is 0.478 e. The Kier molecular flexibility index (Phi) is 5.51. The lowest BCUT2D eigenvalue weighted by molar-refractivity contribution is -0.121. The van der Waals surface area contributed by atoms with Crippen molar-refractivity contribution in [3.63, 3.8) is 0 Å². The number of carbonyl (C=O) groups excluding carboxylic acids is 1. The normalized spacial score (nSPS) is 10.5. The Morgan fingerprint density at radius 2 is 1.87 bits per heavy atom. The van der Waals surface area contributed by atoms with Gasteiger partial charge >= 0.3 is 5.97 Å². The second kappa shape index (κ2) is 7.58. The van der Waals surface area contributed by atoms with Gasteiger partial charge in [-0.05, 0) is 44.4 Å². The Morgan fingerprint density at radius 1 is 1.17 bits per heavy atom. The van der Waals surface area contributed by atoms with Crippen LogP contribution in [0.3, 0.4) is 0 Å². The average Bonchev–Trinajstić information content (AvgIpc) is 2.84. The monoisotopic (exact) mass is 316 g/mol. The zero-order chi connectivity index (χ0) is 16.8. The first-order valence-corrected chi connectivity index (χ1v) is 7.48. The van der Waals surface area contributed by atoms with E-state index >= 15 is 0 Å². The first-order valence-electron chi connectivity index (χ1n) is 7.48. The van der Waals surface area contributed by atoms with E-state index in [1.54, 1.807) is 24.3 Å². The number of carbonyl (C=O) groups is 2. The van der Waals surface area contributed by atoms with Crippen molar-refractivity contribution in [1.82, 2.24) is 10.5 Å². The van der Waals surface area contributed by atoms with Crippen LogP contribution >= 0.6 is 0 Å². The van der Waals surface area contributed by atoms with Gasteiger partial charge in [-0.3, -0.25) is 4.79 Å². The second-order valence-electron chi connectivity index (χ2n) is 5.40. The van der Waals surface area contributed by atoms with Gasteiger partial charge in [-0.2, -0.15) is 0 Å². The molecule has 0 spiro atoms. The van der Waals surface area contributed by atoms with Gasteiger partial charge in [0.15, 0.2) is 0 Å². The number of rotatable bonds is 7. The topological polar surface area (TPSA) is 92.4 Å². The third-order valence-electron chi connectivity index (χ3n) is 3.72. The number of aromatic carboxylic acids is 1. The molecule has 1 aromatic heterocycles. The first-order chi connectivity index (χ1) is 11.0. The highest BCUT2D eigenvalue weighted by atomic mass is 16.5. The fourth-order valence-corrected chi connectivity index (χ4v) is 2.35. The molecular formula is C17H20N2O4. The van der Waals surface area contributed by atoms with Gasteiger partial charge in [0.05, 0.1) is 11.3 Å². The molecule has 0 unspecified atom stereocenters. The minimum absolute atomic E-state index is 0.0212. The van der Waals surface area contributed by atoms with Crippen molar-refractivity contribution >= 4 is 11.9 Å². The molecule has 6 heteroatoms. The van der Waals surface area contributed by atoms with Gasteiger partial charge in [-0.25, -0.2) is 4.79 Å². The Bertz CT molecular complexity index is 670. The summed E-state index contributed by atoms with van der Waals surface area (Å²) in [5.74, 6) is -0.204. The van der Waals surface area contributed by atoms with E-state index in [0.29, 0.717) is 25.8 Å². The molecule has 0 atom stereocenters. The van der Waals surface area contributed by atoms with Crippen molar-refractivity contribution in [3.05, 3.63) is 52.4 Å². The van der Waals surface area contributed by atoms with Crippen LogP contribution in [0.2, 0.25) is 0 Å². The summed E-state index contributed by atoms with van der Waals surface area (Å²) in [5, 5.41) is 15.6. The van der Waals surface area contributed by atoms with Crippen LogP contribution < -0.4 is 5.32 Å². The summed E-state index contributed by atoms with van der Waals surface area (Å²) < 4.78 is 5.07. The van der Waals surface area contributed by atoms with E-state index < -0.39 is 5.97 Å². The van der Waals surface area contributed by atoms with Gasteiger partial charge in [-0.1, -0.05) is 17.3 Å². The molecule has 6 nitrogen and oxygen atoms in total. The highest BCUT2D eigenvalue weighted by Crippen LogP contribution is 2.14. The molecule has 2 rings (SSSR count). The van der Waals surface area contributed by atoms with Crippen LogP contribution in [0.1, 0.15) is 39.4 Å². The van der Waals surface area contributed by atoms with Gasteiger partial charge in [-0.15, -0.1) is 0 Å². The lowest BCUT2D eigenvalue weighted by Gasteiger charge is -2.06. The third kappa shape index (κ3) is 4.67. The Morgan fingerprint density at radius 3 is 2.43 bits per heavy atom. The third-order valence-corrected chi connectivity index (χ3v) is 3.72. The number of nitrogens with zero attached hydrogens (tertiary/aromatic N) is 1. The number of aryl methyl sites for hydroxylation is 2. The molecule has 0 radical (unpaired) electrons. The predicted molar refractivity (Wildman–Crippen MR) is 84.4 cm³/mol. The van der Waals surface area contributed by atoms with E-state index in [-0.39, 0.29) is 11.5 Å². The van der Waals surface area contributed by atoms with Gasteiger partial charge in [0.25, 0.3) is 0 Å². The van der Waals surface area contributed by atoms with Crippen molar-refractivity contribution in [3.8, 4) is 0 Å². The van der Waals surface area contributed by atoms with Crippen molar-refractivity contribution in [2.45, 2.75) is 33.1 Å². The first kappa shape index (κ1) is 16.7. The summed E-state index contributed by atoms with van der Waals surface area (Å²) in [6.45, 7) is 4.23. The Hall–Kier alpha value is -2.63. The van der Waals surface area contributed by atoms with Gasteiger partial charge in [0, 0.05) is 18.5 Å². The summed E-state index contributed by atoms with van der Waals surface area (Å²) in [6, 6.07) is 6.66. The van der Waals surface area contributed by atoms with Crippen LogP contribution in [-0.2, 0) is 17.6 Å². The lowest BCUT2D eigenvalue weighted by Crippen LogP contribution is -2.26. The van der Waals surface area contributed by atoms with Gasteiger partial charge in [0.2, 0.25) is 5.91 Å². The maximum absolute atomic E-state index is 11.9. The highest BCUT2D eigenvalue weighted by Gasteiger charge is 2.11. The van der Waals surface area contributed by atoms with E-state index in [1.165, 1.54) is 0 Å². The predicted octanol–water partition coefficient (Wildman–Crippen LogP) is 2.28. The Balaban J connectivity index is 1.73. The SMILES string of the molecule is Cc1noc(C)c1CCC(=O)NCCc1ccc(C(=O)O)cc1. The number of benzene rings is 1. The molecule has 122 valence electrons. The van der Waals surface area contributed by atoms with E-state index in [2.05, 4.69) is 10.5 Å². The van der Waals surface area contributed by atoms with E-state index in [1.807, 2.05) is 13.8 Å². The van der Waals surface area contributed by atoms with Crippen molar-refractivity contribution < 1.29 is 19.2 Å². The second-order valence-corrected chi connectivity index (χ2v) is 5.40. The smallest absolute Gasteiger partial charge is 0.335 e. The number of hydrogen-bond acceptors (Lipinski definition) is 4. The van der Waals surface area contributed by atoms with Crippen molar-refractivity contribution in [1.29, 1.82) is 0 Å². The number of hydrogen-bond donors (Lipinski definition) is 2. The van der Waals surface area contributed by atoms with Crippen LogP contribution in [0.4, 0.5) is 0 Å².